The van der Waals surface area contributed by atoms with Gasteiger partial charge in [0.2, 0.25) is 5.91 Å². The molecule has 2 aromatic rings. The van der Waals surface area contributed by atoms with Gasteiger partial charge in [-0.25, -0.2) is 0 Å². The summed E-state index contributed by atoms with van der Waals surface area (Å²) in [5, 5.41) is 18.9. The van der Waals surface area contributed by atoms with Crippen molar-refractivity contribution in [1.82, 2.24) is 5.32 Å². The Labute approximate surface area is 172 Å². The third-order valence-electron chi connectivity index (χ3n) is 4.23. The van der Waals surface area contributed by atoms with Gasteiger partial charge >= 0.3 is 5.97 Å². The maximum Gasteiger partial charge on any atom is 0.305 e. The number of carboxylic acids is 1. The summed E-state index contributed by atoms with van der Waals surface area (Å²) in [6.45, 7) is 0. The Morgan fingerprint density at radius 3 is 2.41 bits per heavy atom. The standard InChI is InChI=1S/C20H20N4O4S/c1-24(15-7-9-16(28-2)10-8-15)14-5-3-13(4-6-14)12-21-23-20-22-19(27)17(29-20)11-18(25)26/h3-10,12,17H,11H2,1-2H3,(H,25,26)(H,22,23,27). The summed E-state index contributed by atoms with van der Waals surface area (Å²) in [5.74, 6) is -0.583. The van der Waals surface area contributed by atoms with Crippen LogP contribution in [0.5, 0.6) is 5.75 Å². The van der Waals surface area contributed by atoms with Gasteiger partial charge in [-0.3, -0.25) is 9.59 Å². The van der Waals surface area contributed by atoms with Crippen LogP contribution in [0.1, 0.15) is 12.0 Å². The van der Waals surface area contributed by atoms with Gasteiger partial charge in [-0.05, 0) is 42.0 Å². The summed E-state index contributed by atoms with van der Waals surface area (Å²) in [4.78, 5) is 24.4. The fraction of sp³-hybridized carbons (Fsp3) is 0.200. The van der Waals surface area contributed by atoms with Crippen LogP contribution in [0.2, 0.25) is 0 Å². The molecule has 0 aliphatic carbocycles. The highest BCUT2D eigenvalue weighted by Gasteiger charge is 2.32. The topological polar surface area (TPSA) is 104 Å². The number of hydrogen-bond acceptors (Lipinski definition) is 7. The first-order valence-electron chi connectivity index (χ1n) is 8.74. The van der Waals surface area contributed by atoms with E-state index in [1.165, 1.54) is 0 Å². The maximum absolute atomic E-state index is 11.7. The van der Waals surface area contributed by atoms with Gasteiger partial charge in [-0.15, -0.1) is 5.10 Å². The van der Waals surface area contributed by atoms with Gasteiger partial charge in [-0.2, -0.15) is 5.10 Å². The predicted molar refractivity (Wildman–Crippen MR) is 114 cm³/mol. The van der Waals surface area contributed by atoms with Crippen molar-refractivity contribution < 1.29 is 19.4 Å². The molecule has 1 fully saturated rings. The first-order chi connectivity index (χ1) is 14.0. The van der Waals surface area contributed by atoms with Crippen LogP contribution in [0, 0.1) is 0 Å². The summed E-state index contributed by atoms with van der Waals surface area (Å²) in [7, 11) is 3.61. The van der Waals surface area contributed by atoms with Crippen LogP contribution in [0.4, 0.5) is 11.4 Å². The highest BCUT2D eigenvalue weighted by molar-refractivity contribution is 8.15. The van der Waals surface area contributed by atoms with E-state index in [0.29, 0.717) is 5.17 Å². The van der Waals surface area contributed by atoms with E-state index in [4.69, 9.17) is 9.84 Å². The molecule has 0 spiro atoms. The van der Waals surface area contributed by atoms with Gasteiger partial charge in [0.1, 0.15) is 11.0 Å². The monoisotopic (exact) mass is 412 g/mol. The Balaban J connectivity index is 1.61. The molecule has 1 saturated heterocycles. The van der Waals surface area contributed by atoms with Crippen LogP contribution < -0.4 is 15.0 Å². The number of carbonyl (C=O) groups excluding carboxylic acids is 1. The number of anilines is 2. The number of hydrogen-bond donors (Lipinski definition) is 2. The van der Waals surface area contributed by atoms with Crippen LogP contribution in [0.3, 0.4) is 0 Å². The number of aliphatic carboxylic acids is 1. The van der Waals surface area contributed by atoms with Crippen molar-refractivity contribution in [2.45, 2.75) is 11.7 Å². The average molecular weight is 412 g/mol. The number of methoxy groups -OCH3 is 1. The van der Waals surface area contributed by atoms with E-state index in [-0.39, 0.29) is 12.3 Å². The molecule has 0 bridgehead atoms. The van der Waals surface area contributed by atoms with E-state index in [1.807, 2.05) is 60.5 Å². The van der Waals surface area contributed by atoms with Crippen molar-refractivity contribution in [3.63, 3.8) is 0 Å². The Morgan fingerprint density at radius 2 is 1.83 bits per heavy atom. The SMILES string of the molecule is COc1ccc(N(C)c2ccc(C=NN=C3NC(=O)C(CC(=O)O)S3)cc2)cc1. The Hall–Kier alpha value is -3.33. The molecular weight excluding hydrogens is 392 g/mol. The fourth-order valence-electron chi connectivity index (χ4n) is 2.63. The predicted octanol–water partition coefficient (Wildman–Crippen LogP) is 2.86. The van der Waals surface area contributed by atoms with Crippen molar-refractivity contribution in [2.24, 2.45) is 10.2 Å². The van der Waals surface area contributed by atoms with Crippen molar-refractivity contribution >= 4 is 46.4 Å². The molecule has 3 rings (SSSR count). The molecule has 2 aromatic carbocycles. The zero-order chi connectivity index (χ0) is 20.8. The third-order valence-corrected chi connectivity index (χ3v) is 5.30. The Morgan fingerprint density at radius 1 is 1.21 bits per heavy atom. The number of carboxylic acid groups (broad SMARTS) is 1. The zero-order valence-corrected chi connectivity index (χ0v) is 16.7. The van der Waals surface area contributed by atoms with Crippen molar-refractivity contribution in [3.8, 4) is 5.75 Å². The van der Waals surface area contributed by atoms with Gasteiger partial charge in [-0.1, -0.05) is 23.9 Å². The number of benzene rings is 2. The normalized spacial score (nSPS) is 17.5. The molecule has 0 radical (unpaired) electrons. The van der Waals surface area contributed by atoms with Crippen LogP contribution in [0.25, 0.3) is 0 Å². The molecule has 8 nitrogen and oxygen atoms in total. The van der Waals surface area contributed by atoms with Gasteiger partial charge in [0.05, 0.1) is 19.7 Å². The number of amides is 1. The first kappa shape index (κ1) is 20.4. The summed E-state index contributed by atoms with van der Waals surface area (Å²) < 4.78 is 5.18. The zero-order valence-electron chi connectivity index (χ0n) is 15.9. The van der Waals surface area contributed by atoms with E-state index in [9.17, 15) is 9.59 Å². The minimum Gasteiger partial charge on any atom is -0.497 e. The fourth-order valence-corrected chi connectivity index (χ4v) is 3.55. The highest BCUT2D eigenvalue weighted by atomic mass is 32.2. The average Bonchev–Trinajstić information content (AvgIpc) is 3.06. The van der Waals surface area contributed by atoms with Crippen molar-refractivity contribution in [3.05, 3.63) is 54.1 Å². The van der Waals surface area contributed by atoms with Crippen LogP contribution >= 0.6 is 11.8 Å². The molecule has 1 atom stereocenters. The Bertz CT molecular complexity index is 942. The molecule has 9 heteroatoms. The molecule has 1 amide bonds. The minimum atomic E-state index is -1.03. The van der Waals surface area contributed by atoms with E-state index >= 15 is 0 Å². The summed E-state index contributed by atoms with van der Waals surface area (Å²) in [6, 6.07) is 15.5. The second-order valence-corrected chi connectivity index (χ2v) is 7.38. The van der Waals surface area contributed by atoms with Crippen molar-refractivity contribution in [2.75, 3.05) is 19.1 Å². The second-order valence-electron chi connectivity index (χ2n) is 6.19. The minimum absolute atomic E-state index is 0.248. The summed E-state index contributed by atoms with van der Waals surface area (Å²) >= 11 is 1.07. The van der Waals surface area contributed by atoms with Crippen LogP contribution in [-0.4, -0.2) is 47.8 Å². The lowest BCUT2D eigenvalue weighted by molar-refractivity contribution is -0.138. The van der Waals surface area contributed by atoms with Gasteiger partial charge in [0.15, 0.2) is 5.17 Å². The number of nitrogens with zero attached hydrogens (tertiary/aromatic N) is 3. The molecular formula is C20H20N4O4S. The lowest BCUT2D eigenvalue weighted by atomic mass is 10.2. The van der Waals surface area contributed by atoms with Gasteiger partial charge in [0.25, 0.3) is 0 Å². The van der Waals surface area contributed by atoms with E-state index in [2.05, 4.69) is 15.5 Å². The van der Waals surface area contributed by atoms with E-state index in [0.717, 1.165) is 34.4 Å². The molecule has 150 valence electrons. The number of ether oxygens (including phenoxy) is 1. The summed E-state index contributed by atoms with van der Waals surface area (Å²) in [5.41, 5.74) is 2.88. The number of rotatable bonds is 7. The lowest BCUT2D eigenvalue weighted by Crippen LogP contribution is -2.26. The largest absolute Gasteiger partial charge is 0.497 e. The molecule has 1 aliphatic heterocycles. The van der Waals surface area contributed by atoms with Crippen LogP contribution in [-0.2, 0) is 9.59 Å². The summed E-state index contributed by atoms with van der Waals surface area (Å²) in [6.07, 6.45) is 1.32. The molecule has 0 saturated carbocycles. The smallest absolute Gasteiger partial charge is 0.305 e. The number of amidine groups is 1. The van der Waals surface area contributed by atoms with Gasteiger partial charge in [0, 0.05) is 18.4 Å². The van der Waals surface area contributed by atoms with E-state index in [1.54, 1.807) is 13.3 Å². The van der Waals surface area contributed by atoms with Crippen LogP contribution in [0.15, 0.2) is 58.7 Å². The Kier molecular flexibility index (Phi) is 6.50. The lowest BCUT2D eigenvalue weighted by Gasteiger charge is -2.19. The second kappa shape index (κ2) is 9.24. The number of carbonyl (C=O) groups is 2. The molecule has 1 aliphatic rings. The maximum atomic E-state index is 11.7. The molecule has 1 heterocycles. The van der Waals surface area contributed by atoms with E-state index < -0.39 is 11.2 Å². The molecule has 1 unspecified atom stereocenters. The highest BCUT2D eigenvalue weighted by Crippen LogP contribution is 2.25. The first-order valence-corrected chi connectivity index (χ1v) is 9.62. The number of thioether (sulfide) groups is 1. The molecule has 29 heavy (non-hydrogen) atoms. The third kappa shape index (κ3) is 5.35. The molecule has 0 aromatic heterocycles. The quantitative estimate of drug-likeness (QED) is 0.535. The van der Waals surface area contributed by atoms with Gasteiger partial charge < -0.3 is 20.1 Å². The number of nitrogens with one attached hydrogen (secondary N) is 1. The molecule has 2 N–H and O–H groups in total. The van der Waals surface area contributed by atoms with Crippen molar-refractivity contribution in [1.29, 1.82) is 0 Å².